The van der Waals surface area contributed by atoms with Crippen LogP contribution in [0.15, 0.2) is 176 Å². The SMILES string of the molecule is C[PH+](C[PH+](c1ccccc1)c1ccccc1)c1ccccc1.[Au+].[Au+].[C-]#Cc1ccc2c(c1)-c1ccccc1C2.[C-]#Cc1ccc2c(c1)-c1ccccc1C2. The molecule has 7 aromatic rings. The molecule has 0 fully saturated rings. The molecule has 4 heteroatoms. The molecule has 0 heterocycles. The van der Waals surface area contributed by atoms with E-state index in [1.165, 1.54) is 61.0 Å². The fraction of sp³-hybridized carbons (Fsp3) is 0.0800. The van der Waals surface area contributed by atoms with Crippen LogP contribution in [0.1, 0.15) is 33.4 Å². The van der Waals surface area contributed by atoms with Crippen LogP contribution in [0.3, 0.4) is 0 Å². The minimum absolute atomic E-state index is 0. The van der Waals surface area contributed by atoms with Crippen molar-refractivity contribution in [3.05, 3.63) is 222 Å². The minimum atomic E-state index is -0.701. The third-order valence-electron chi connectivity index (χ3n) is 9.84. The predicted molar refractivity (Wildman–Crippen MR) is 227 cm³/mol. The van der Waals surface area contributed by atoms with Crippen LogP contribution in [0.25, 0.3) is 22.3 Å². The van der Waals surface area contributed by atoms with E-state index in [1.807, 2.05) is 24.3 Å². The third kappa shape index (κ3) is 9.80. The zero-order chi connectivity index (χ0) is 35.7. The smallest absolute Gasteiger partial charge is 0.366 e. The van der Waals surface area contributed by atoms with Gasteiger partial charge in [-0.15, -0.1) is 35.4 Å². The number of benzene rings is 7. The maximum atomic E-state index is 7.14. The molecule has 0 radical (unpaired) electrons. The van der Waals surface area contributed by atoms with Gasteiger partial charge in [0.1, 0.15) is 18.5 Å². The van der Waals surface area contributed by atoms with E-state index >= 15 is 0 Å². The van der Waals surface area contributed by atoms with Crippen molar-refractivity contribution in [2.24, 2.45) is 0 Å². The van der Waals surface area contributed by atoms with Crippen molar-refractivity contribution < 1.29 is 44.8 Å². The normalized spacial score (nSPS) is 11.5. The Morgan fingerprint density at radius 3 is 1.19 bits per heavy atom. The first-order valence-electron chi connectivity index (χ1n) is 17.7. The summed E-state index contributed by atoms with van der Waals surface area (Å²) in [6, 6.07) is 62.3. The van der Waals surface area contributed by atoms with Crippen molar-refractivity contribution in [3.63, 3.8) is 0 Å². The zero-order valence-electron chi connectivity index (χ0n) is 30.0. The van der Waals surface area contributed by atoms with Gasteiger partial charge in [-0.2, -0.15) is 0 Å². The molecule has 1 atom stereocenters. The molecule has 0 aromatic heterocycles. The fourth-order valence-corrected chi connectivity index (χ4v) is 14.0. The summed E-state index contributed by atoms with van der Waals surface area (Å²) in [6.07, 6.45) is 16.3. The molecule has 9 rings (SSSR count). The molecule has 0 aliphatic heterocycles. The molecule has 2 aliphatic carbocycles. The molecule has 7 aromatic carbocycles. The molecule has 0 spiro atoms. The average Bonchev–Trinajstić information content (AvgIpc) is 3.79. The molecule has 0 N–H and O–H groups in total. The van der Waals surface area contributed by atoms with Crippen molar-refractivity contribution in [2.45, 2.75) is 12.8 Å². The van der Waals surface area contributed by atoms with Crippen LogP contribution in [-0.4, -0.2) is 12.6 Å². The predicted octanol–water partition coefficient (Wildman–Crippen LogP) is 10.4. The summed E-state index contributed by atoms with van der Waals surface area (Å²) in [5.41, 5.74) is 12.3. The van der Waals surface area contributed by atoms with Crippen molar-refractivity contribution >= 4 is 31.8 Å². The minimum Gasteiger partial charge on any atom is -0.366 e. The molecular formula is C50H40Au2P2+2. The molecule has 0 amide bonds. The van der Waals surface area contributed by atoms with E-state index in [2.05, 4.69) is 170 Å². The van der Waals surface area contributed by atoms with Gasteiger partial charge in [-0.1, -0.05) is 115 Å². The molecule has 0 nitrogen and oxygen atoms in total. The first-order valence-corrected chi connectivity index (χ1v) is 21.6. The summed E-state index contributed by atoms with van der Waals surface area (Å²) >= 11 is 0. The van der Waals surface area contributed by atoms with E-state index in [4.69, 9.17) is 12.8 Å². The van der Waals surface area contributed by atoms with E-state index in [0.717, 1.165) is 24.0 Å². The van der Waals surface area contributed by atoms with Gasteiger partial charge < -0.3 is 12.8 Å². The van der Waals surface area contributed by atoms with Gasteiger partial charge in [0.05, 0.1) is 19.9 Å². The van der Waals surface area contributed by atoms with Crippen LogP contribution in [0, 0.1) is 24.7 Å². The second kappa shape index (κ2) is 20.1. The van der Waals surface area contributed by atoms with Crippen LogP contribution in [0.4, 0.5) is 0 Å². The summed E-state index contributed by atoms with van der Waals surface area (Å²) in [4.78, 5) is 0. The van der Waals surface area contributed by atoms with Gasteiger partial charge in [0.25, 0.3) is 0 Å². The standard InChI is InChI=1S/C20H20P2.2C15H9.2Au/c1-21(18-11-5-2-6-12-18)17-22(19-13-7-3-8-14-19)20-15-9-4-10-16-20;2*1-2-11-7-8-13-10-12-5-3-4-6-14(12)15(13)9-11;;/h2-16H,17H2,1H3;2*3-9H,10H2;;/q;2*-1;2*+1/p+2. The van der Waals surface area contributed by atoms with Crippen LogP contribution in [-0.2, 0) is 57.6 Å². The summed E-state index contributed by atoms with van der Waals surface area (Å²) in [5.74, 6) is 6.20. The quantitative estimate of drug-likeness (QED) is 0.0698. The van der Waals surface area contributed by atoms with Crippen molar-refractivity contribution in [3.8, 4) is 34.1 Å². The maximum absolute atomic E-state index is 7.14. The van der Waals surface area contributed by atoms with E-state index in [0.29, 0.717) is 0 Å². The second-order valence-corrected chi connectivity index (χ2v) is 18.9. The van der Waals surface area contributed by atoms with Gasteiger partial charge in [-0.3, -0.25) is 11.8 Å². The van der Waals surface area contributed by atoms with Gasteiger partial charge >= 0.3 is 44.8 Å². The number of hydrogen-bond acceptors (Lipinski definition) is 0. The Morgan fingerprint density at radius 1 is 0.426 bits per heavy atom. The van der Waals surface area contributed by atoms with Crippen LogP contribution in [0.5, 0.6) is 0 Å². The Morgan fingerprint density at radius 2 is 0.778 bits per heavy atom. The molecule has 270 valence electrons. The van der Waals surface area contributed by atoms with E-state index in [-0.39, 0.29) is 44.8 Å². The number of fused-ring (bicyclic) bond motifs is 6. The van der Waals surface area contributed by atoms with Gasteiger partial charge in [-0.25, -0.2) is 0 Å². The van der Waals surface area contributed by atoms with Crippen molar-refractivity contribution in [1.82, 2.24) is 0 Å². The Bertz CT molecular complexity index is 2230. The summed E-state index contributed by atoms with van der Waals surface area (Å²) in [6.45, 7) is 2.45. The van der Waals surface area contributed by atoms with Gasteiger partial charge in [0.15, 0.2) is 5.90 Å². The van der Waals surface area contributed by atoms with E-state index in [9.17, 15) is 0 Å². The van der Waals surface area contributed by atoms with Gasteiger partial charge in [0.2, 0.25) is 0 Å². The van der Waals surface area contributed by atoms with Crippen LogP contribution in [0.2, 0.25) is 0 Å². The summed E-state index contributed by atoms with van der Waals surface area (Å²) in [7, 11) is -1.22. The summed E-state index contributed by atoms with van der Waals surface area (Å²) in [5, 5.41) is 4.60. The zero-order valence-corrected chi connectivity index (χ0v) is 36.3. The van der Waals surface area contributed by atoms with Gasteiger partial charge in [-0.05, 0) is 93.7 Å². The molecule has 1 unspecified atom stereocenters. The molecule has 0 bridgehead atoms. The Kier molecular flexibility index (Phi) is 15.3. The topological polar surface area (TPSA) is 0 Å². The van der Waals surface area contributed by atoms with E-state index < -0.39 is 15.8 Å². The summed E-state index contributed by atoms with van der Waals surface area (Å²) < 4.78 is 0. The van der Waals surface area contributed by atoms with Crippen molar-refractivity contribution in [2.75, 3.05) is 12.6 Å². The van der Waals surface area contributed by atoms with Gasteiger partial charge in [0, 0.05) is 0 Å². The van der Waals surface area contributed by atoms with Crippen LogP contribution < -0.4 is 15.9 Å². The fourth-order valence-electron chi connectivity index (χ4n) is 7.14. The number of rotatable bonds is 5. The molecule has 54 heavy (non-hydrogen) atoms. The molecule has 0 saturated heterocycles. The molecule has 2 aliphatic rings. The van der Waals surface area contributed by atoms with E-state index in [1.54, 1.807) is 5.30 Å². The monoisotopic (exact) mass is 1100 g/mol. The first kappa shape index (κ1) is 41.2. The molecular weight excluding hydrogens is 1060 g/mol. The first-order chi connectivity index (χ1) is 25.6. The Balaban J connectivity index is 0.000000157. The second-order valence-electron chi connectivity index (χ2n) is 13.2. The van der Waals surface area contributed by atoms with Crippen molar-refractivity contribution in [1.29, 1.82) is 0 Å². The molecule has 0 saturated carbocycles. The maximum Gasteiger partial charge on any atom is 1.00 e. The third-order valence-corrected chi connectivity index (χ3v) is 16.8. The largest absolute Gasteiger partial charge is 1.00 e. The van der Waals surface area contributed by atoms with Crippen LogP contribution >= 0.6 is 15.8 Å². The number of hydrogen-bond donors (Lipinski definition) is 0. The average molecular weight is 1100 g/mol. The Hall–Kier alpha value is -4.00. The Labute approximate surface area is 355 Å².